The Morgan fingerprint density at radius 2 is 1.97 bits per heavy atom. The van der Waals surface area contributed by atoms with E-state index in [1.54, 1.807) is 10.5 Å². The molecule has 1 aliphatic carbocycles. The summed E-state index contributed by atoms with van der Waals surface area (Å²) in [4.78, 5) is 27.3. The van der Waals surface area contributed by atoms with Crippen LogP contribution in [0.25, 0.3) is 0 Å². The Labute approximate surface area is 209 Å². The van der Waals surface area contributed by atoms with Crippen LogP contribution >= 0.6 is 11.6 Å². The van der Waals surface area contributed by atoms with Crippen LogP contribution in [0, 0.1) is 11.8 Å². The van der Waals surface area contributed by atoms with Crippen molar-refractivity contribution in [3.05, 3.63) is 76.3 Å². The molecule has 2 aromatic carbocycles. The monoisotopic (exact) mass is 490 g/mol. The average molecular weight is 491 g/mol. The van der Waals surface area contributed by atoms with Crippen LogP contribution in [-0.2, 0) is 14.9 Å². The Morgan fingerprint density at radius 1 is 1.17 bits per heavy atom. The summed E-state index contributed by atoms with van der Waals surface area (Å²) in [5.41, 5.74) is 4.60. The van der Waals surface area contributed by atoms with E-state index in [1.165, 1.54) is 61.4 Å². The maximum absolute atomic E-state index is 13.2. The Morgan fingerprint density at radius 3 is 2.77 bits per heavy atom. The number of nitrogens with one attached hydrogen (secondary N) is 1. The number of nitrogens with zero attached hydrogens (tertiary/aromatic N) is 1. The third-order valence-corrected chi connectivity index (χ3v) is 9.73. The van der Waals surface area contributed by atoms with E-state index in [9.17, 15) is 14.7 Å². The van der Waals surface area contributed by atoms with Gasteiger partial charge in [0, 0.05) is 29.5 Å². The van der Waals surface area contributed by atoms with E-state index in [2.05, 4.69) is 35.2 Å². The molecule has 5 aliphatic heterocycles. The lowest BCUT2D eigenvalue weighted by Gasteiger charge is -2.56. The fourth-order valence-electron chi connectivity index (χ4n) is 8.32. The van der Waals surface area contributed by atoms with Gasteiger partial charge < -0.3 is 24.4 Å². The number of hydrogen-bond donors (Lipinski definition) is 1. The number of quaternary nitrogens is 1. The third kappa shape index (κ3) is 2.90. The smallest absolute Gasteiger partial charge is 0.229 e. The molecular formula is C28H27ClN2O4. The van der Waals surface area contributed by atoms with Crippen LogP contribution in [0.3, 0.4) is 0 Å². The molecule has 0 radical (unpaired) electrons. The molecular weight excluding hydrogens is 464 g/mol. The number of rotatable bonds is 1. The Kier molecular flexibility index (Phi) is 4.73. The zero-order valence-electron chi connectivity index (χ0n) is 19.3. The molecule has 2 aromatic rings. The normalized spacial score (nSPS) is 37.0. The van der Waals surface area contributed by atoms with Crippen molar-refractivity contribution in [2.45, 2.75) is 42.9 Å². The first-order valence-electron chi connectivity index (χ1n) is 12.5. The molecule has 6 aliphatic rings. The van der Waals surface area contributed by atoms with E-state index in [0.29, 0.717) is 42.0 Å². The standard InChI is InChI=1S/C21H22N2O2.C7H5ClO2/c24-18-10-16-19-13-9-17-21(6-7-22(17)11-12(13)5-8-25-16)14-3-1-2-4-15(14)23(18)20(19)21;8-6-3-1-5(2-4-6)7(9)10/h1-5,13,16-17,19-20H,6-11H2;1-4H,(H,9,10)/t13-,16-,17-,19-,20-,21+;/m0./s1. The van der Waals surface area contributed by atoms with Gasteiger partial charge in [-0.2, -0.15) is 0 Å². The summed E-state index contributed by atoms with van der Waals surface area (Å²) >= 11 is 5.50. The third-order valence-electron chi connectivity index (χ3n) is 9.48. The van der Waals surface area contributed by atoms with Crippen LogP contribution in [0.5, 0.6) is 0 Å². The van der Waals surface area contributed by atoms with Crippen LogP contribution < -0.4 is 14.9 Å². The van der Waals surface area contributed by atoms with Crippen LogP contribution in [0.2, 0.25) is 5.02 Å². The summed E-state index contributed by atoms with van der Waals surface area (Å²) < 4.78 is 6.26. The molecule has 1 unspecified atom stereocenters. The lowest BCUT2D eigenvalue weighted by atomic mass is 9.53. The van der Waals surface area contributed by atoms with E-state index in [1.807, 2.05) is 0 Å². The maximum Gasteiger partial charge on any atom is 0.229 e. The van der Waals surface area contributed by atoms with Crippen molar-refractivity contribution in [2.24, 2.45) is 11.8 Å². The Bertz CT molecular complexity index is 1260. The summed E-state index contributed by atoms with van der Waals surface area (Å²) in [6, 6.07) is 15.6. The van der Waals surface area contributed by atoms with Crippen LogP contribution in [0.15, 0.2) is 60.2 Å². The predicted molar refractivity (Wildman–Crippen MR) is 128 cm³/mol. The van der Waals surface area contributed by atoms with E-state index >= 15 is 0 Å². The number of carbonyl (C=O) groups is 2. The lowest BCUT2D eigenvalue weighted by Crippen LogP contribution is -3.16. The first-order valence-corrected chi connectivity index (χ1v) is 12.9. The molecule has 7 atom stereocenters. The molecule has 5 heterocycles. The SMILES string of the molecule is O=C([O-])c1ccc(Cl)cc1.O=C1C[C@@H]2OCC=C3C[NH+]4CC[C@]56c7ccccc7N1[C@H]5[C@H]2[C@H]3C[C@H]46. The lowest BCUT2D eigenvalue weighted by molar-refractivity contribution is -0.916. The number of para-hydroxylation sites is 1. The number of amides is 1. The first kappa shape index (κ1) is 21.6. The van der Waals surface area contributed by atoms with E-state index < -0.39 is 5.97 Å². The second kappa shape index (κ2) is 7.66. The molecule has 6 nitrogen and oxygen atoms in total. The van der Waals surface area contributed by atoms with Crippen molar-refractivity contribution >= 4 is 29.2 Å². The van der Waals surface area contributed by atoms with Gasteiger partial charge >= 0.3 is 0 Å². The van der Waals surface area contributed by atoms with Crippen molar-refractivity contribution in [2.75, 3.05) is 24.6 Å². The van der Waals surface area contributed by atoms with Gasteiger partial charge in [0.1, 0.15) is 6.04 Å². The number of carboxylic acid groups (broad SMARTS) is 1. The second-order valence-corrected chi connectivity index (χ2v) is 11.2. The van der Waals surface area contributed by atoms with Crippen molar-refractivity contribution in [1.82, 2.24) is 0 Å². The number of aromatic carboxylic acids is 1. The number of carboxylic acids is 1. The Hall–Kier alpha value is -2.67. The highest BCUT2D eigenvalue weighted by Gasteiger charge is 2.73. The number of benzene rings is 2. The molecule has 1 spiro atoms. The summed E-state index contributed by atoms with van der Waals surface area (Å²) in [5.74, 6) is 0.209. The van der Waals surface area contributed by atoms with Gasteiger partial charge in [0.25, 0.3) is 0 Å². The number of ether oxygens (including phenoxy) is 1. The van der Waals surface area contributed by atoms with Gasteiger partial charge in [-0.15, -0.1) is 0 Å². The van der Waals surface area contributed by atoms with Gasteiger partial charge in [0.15, 0.2) is 0 Å². The number of fused-ring (bicyclic) bond motifs is 2. The van der Waals surface area contributed by atoms with Crippen molar-refractivity contribution < 1.29 is 24.3 Å². The fraction of sp³-hybridized carbons (Fsp3) is 0.429. The quantitative estimate of drug-likeness (QED) is 0.613. The van der Waals surface area contributed by atoms with Crippen LogP contribution in [0.1, 0.15) is 35.2 Å². The number of anilines is 1. The second-order valence-electron chi connectivity index (χ2n) is 10.7. The highest BCUT2D eigenvalue weighted by Crippen LogP contribution is 2.62. The summed E-state index contributed by atoms with van der Waals surface area (Å²) in [7, 11) is 0. The zero-order valence-corrected chi connectivity index (χ0v) is 20.0. The highest BCUT2D eigenvalue weighted by molar-refractivity contribution is 6.30. The Balaban J connectivity index is 0.000000179. The molecule has 0 aromatic heterocycles. The molecule has 4 fully saturated rings. The van der Waals surface area contributed by atoms with E-state index in [-0.39, 0.29) is 23.0 Å². The summed E-state index contributed by atoms with van der Waals surface area (Å²) in [5, 5.41) is 10.7. The minimum atomic E-state index is -1.18. The molecule has 7 heteroatoms. The van der Waals surface area contributed by atoms with Gasteiger partial charge in [0.2, 0.25) is 5.91 Å². The molecule has 2 bridgehead atoms. The highest BCUT2D eigenvalue weighted by atomic mass is 35.5. The van der Waals surface area contributed by atoms with E-state index in [4.69, 9.17) is 16.3 Å². The summed E-state index contributed by atoms with van der Waals surface area (Å²) in [6.45, 7) is 3.15. The van der Waals surface area contributed by atoms with Gasteiger partial charge in [-0.1, -0.05) is 48.0 Å². The van der Waals surface area contributed by atoms with Gasteiger partial charge in [0.05, 0.1) is 49.6 Å². The maximum atomic E-state index is 13.2. The van der Waals surface area contributed by atoms with Crippen molar-refractivity contribution in [3.63, 3.8) is 0 Å². The van der Waals surface area contributed by atoms with Gasteiger partial charge in [-0.3, -0.25) is 4.79 Å². The summed E-state index contributed by atoms with van der Waals surface area (Å²) in [6.07, 6.45) is 5.54. The number of hydrogen-bond acceptors (Lipinski definition) is 4. The zero-order chi connectivity index (χ0) is 23.9. The molecule has 3 saturated heterocycles. The fourth-order valence-corrected chi connectivity index (χ4v) is 8.44. The minimum absolute atomic E-state index is 0.113. The molecule has 8 rings (SSSR count). The number of piperidine rings is 2. The van der Waals surface area contributed by atoms with Gasteiger partial charge in [-0.25, -0.2) is 0 Å². The molecule has 35 heavy (non-hydrogen) atoms. The predicted octanol–water partition coefficient (Wildman–Crippen LogP) is 1.38. The topological polar surface area (TPSA) is 74.1 Å². The van der Waals surface area contributed by atoms with E-state index in [0.717, 1.165) is 0 Å². The molecule has 1 saturated carbocycles. The number of carbonyl (C=O) groups excluding carboxylic acids is 2. The van der Waals surface area contributed by atoms with Crippen molar-refractivity contribution in [1.29, 1.82) is 0 Å². The first-order chi connectivity index (χ1) is 17.0. The van der Waals surface area contributed by atoms with Gasteiger partial charge in [-0.05, 0) is 40.8 Å². The largest absolute Gasteiger partial charge is 0.545 e. The molecule has 1 amide bonds. The van der Waals surface area contributed by atoms with Crippen LogP contribution in [-0.4, -0.2) is 49.8 Å². The van der Waals surface area contributed by atoms with Crippen LogP contribution in [0.4, 0.5) is 5.69 Å². The minimum Gasteiger partial charge on any atom is -0.545 e. The molecule has 180 valence electrons. The van der Waals surface area contributed by atoms with Crippen molar-refractivity contribution in [3.8, 4) is 0 Å². The molecule has 1 N–H and O–H groups in total. The average Bonchev–Trinajstić information content (AvgIpc) is 3.33. The number of halogens is 1.